The minimum Gasteiger partial charge on any atom is -0.545 e. The third-order valence-electron chi connectivity index (χ3n) is 11.5. The van der Waals surface area contributed by atoms with Crippen LogP contribution < -0.4 is 10.2 Å². The van der Waals surface area contributed by atoms with Crippen molar-refractivity contribution in [2.24, 2.45) is 0 Å². The zero-order valence-electron chi connectivity index (χ0n) is 47.0. The van der Waals surface area contributed by atoms with Crippen LogP contribution in [0.5, 0.6) is 0 Å². The molecule has 0 bridgehead atoms. The van der Waals surface area contributed by atoms with Gasteiger partial charge in [0.2, 0.25) is 0 Å². The molecule has 0 fully saturated rings. The van der Waals surface area contributed by atoms with Crippen molar-refractivity contribution in [1.29, 1.82) is 0 Å². The maximum absolute atomic E-state index is 9.49. The molecule has 0 spiro atoms. The van der Waals surface area contributed by atoms with Crippen molar-refractivity contribution in [3.8, 4) is 0 Å². The number of aliphatic hydroxyl groups excluding tert-OH is 2. The number of aliphatic hydroxyl groups is 2. The Morgan fingerprint density at radius 1 is 0.458 bits per heavy atom. The van der Waals surface area contributed by atoms with Gasteiger partial charge in [-0.15, -0.1) is 0 Å². The molecule has 0 aliphatic heterocycles. The van der Waals surface area contributed by atoms with Crippen molar-refractivity contribution in [2.45, 2.75) is 156 Å². The van der Waals surface area contributed by atoms with Gasteiger partial charge in [0.05, 0.1) is 79.5 Å². The average molecular weight is 998 g/mol. The molecule has 8 heteroatoms. The molecule has 3 aromatic carbocycles. The van der Waals surface area contributed by atoms with E-state index in [1.165, 1.54) is 172 Å². The fraction of sp³-hybridized carbons (Fsp3) is 0.531. The highest BCUT2D eigenvalue weighted by Gasteiger charge is 2.13. The van der Waals surface area contributed by atoms with Gasteiger partial charge in [-0.3, -0.25) is 0 Å². The summed E-state index contributed by atoms with van der Waals surface area (Å²) in [7, 11) is 9.40. The molecule has 0 aliphatic rings. The van der Waals surface area contributed by atoms with E-state index in [1.54, 1.807) is 0 Å². The summed E-state index contributed by atoms with van der Waals surface area (Å²) in [6, 6.07) is 31.2. The van der Waals surface area contributed by atoms with Crippen LogP contribution in [0.2, 0.25) is 0 Å². The summed E-state index contributed by atoms with van der Waals surface area (Å²) < 4.78 is 2.20. The van der Waals surface area contributed by atoms with E-state index in [9.17, 15) is 19.8 Å². The number of carbonyl (C=O) groups excluding carboxylic acids is 2. The molecule has 0 heterocycles. The Kier molecular flexibility index (Phi) is 50.6. The number of rotatable bonds is 32. The van der Waals surface area contributed by atoms with Crippen LogP contribution in [0.15, 0.2) is 134 Å². The molecular formula is C64H104N2O6. The van der Waals surface area contributed by atoms with E-state index in [2.05, 4.69) is 147 Å². The standard InChI is InChI=1S/2C23H40N.C8H8.2C4H6O2.C2H6O2/c2*1-4-5-6-7-8-9-10-11-12-16-21-24(2,3)22-17-20-23-18-14-13-15-19-23;1-2-8-6-4-3-5-7-8;2*1-3(2)4(5)6;3-1-2-4/h2*13-15,17-20H,4-12,16,21-22H2,1-3H3;2-7H,1H2;2*1H2,2H3,(H,5,6);3-4H,1-2H2/q2*+1;;;;/p-2. The van der Waals surface area contributed by atoms with Gasteiger partial charge in [-0.25, -0.2) is 0 Å². The van der Waals surface area contributed by atoms with Crippen molar-refractivity contribution in [3.05, 3.63) is 151 Å². The van der Waals surface area contributed by atoms with Gasteiger partial charge in [0.25, 0.3) is 0 Å². The Morgan fingerprint density at radius 3 is 0.903 bits per heavy atom. The number of hydrogen-bond acceptors (Lipinski definition) is 6. The van der Waals surface area contributed by atoms with Crippen molar-refractivity contribution in [3.63, 3.8) is 0 Å². The van der Waals surface area contributed by atoms with Crippen molar-refractivity contribution >= 4 is 30.2 Å². The maximum Gasteiger partial charge on any atom is 0.0972 e. The van der Waals surface area contributed by atoms with E-state index >= 15 is 0 Å². The molecule has 0 saturated heterocycles. The van der Waals surface area contributed by atoms with Crippen molar-refractivity contribution < 1.29 is 39.0 Å². The molecule has 0 aliphatic carbocycles. The number of carbonyl (C=O) groups is 2. The Morgan fingerprint density at radius 2 is 0.694 bits per heavy atom. The Labute approximate surface area is 441 Å². The number of aliphatic carboxylic acids is 2. The number of nitrogens with zero attached hydrogens (tertiary/aromatic N) is 2. The fourth-order valence-corrected chi connectivity index (χ4v) is 6.90. The fourth-order valence-electron chi connectivity index (χ4n) is 6.90. The van der Waals surface area contributed by atoms with E-state index in [0.29, 0.717) is 0 Å². The monoisotopic (exact) mass is 997 g/mol. The average Bonchev–Trinajstić information content (AvgIpc) is 3.36. The molecule has 406 valence electrons. The number of quaternary nitrogens is 2. The molecule has 0 aromatic heterocycles. The third-order valence-corrected chi connectivity index (χ3v) is 11.5. The first kappa shape index (κ1) is 71.4. The quantitative estimate of drug-likeness (QED) is 0.0365. The van der Waals surface area contributed by atoms with Crippen LogP contribution in [0, 0.1) is 0 Å². The highest BCUT2D eigenvalue weighted by Crippen LogP contribution is 2.14. The van der Waals surface area contributed by atoms with Gasteiger partial charge >= 0.3 is 0 Å². The molecule has 72 heavy (non-hydrogen) atoms. The molecule has 0 saturated carbocycles. The van der Waals surface area contributed by atoms with Crippen LogP contribution in [0.4, 0.5) is 0 Å². The lowest BCUT2D eigenvalue weighted by Gasteiger charge is -2.28. The van der Waals surface area contributed by atoms with Gasteiger partial charge in [0.15, 0.2) is 0 Å². The lowest BCUT2D eigenvalue weighted by atomic mass is 10.1. The van der Waals surface area contributed by atoms with E-state index in [-0.39, 0.29) is 24.4 Å². The van der Waals surface area contributed by atoms with Gasteiger partial charge < -0.3 is 39.0 Å². The first-order chi connectivity index (χ1) is 34.4. The molecule has 0 radical (unpaired) electrons. The van der Waals surface area contributed by atoms with Gasteiger partial charge in [0, 0.05) is 0 Å². The van der Waals surface area contributed by atoms with E-state index in [1.807, 2.05) is 36.4 Å². The summed E-state index contributed by atoms with van der Waals surface area (Å²) in [5.41, 5.74) is 3.91. The van der Waals surface area contributed by atoms with Gasteiger partial charge in [-0.1, -0.05) is 246 Å². The number of benzene rings is 3. The number of likely N-dealkylation sites (N-methyl/N-ethyl adjacent to an activating group) is 2. The minimum atomic E-state index is -1.19. The zero-order chi connectivity index (χ0) is 54.6. The summed E-state index contributed by atoms with van der Waals surface area (Å²) >= 11 is 0. The predicted molar refractivity (Wildman–Crippen MR) is 309 cm³/mol. The summed E-state index contributed by atoms with van der Waals surface area (Å²) in [5.74, 6) is -2.37. The summed E-state index contributed by atoms with van der Waals surface area (Å²) in [4.78, 5) is 19.0. The first-order valence-corrected chi connectivity index (χ1v) is 27.1. The highest BCUT2D eigenvalue weighted by molar-refractivity contribution is 5.83. The molecule has 2 N–H and O–H groups in total. The normalized spacial score (nSPS) is 10.7. The summed E-state index contributed by atoms with van der Waals surface area (Å²) in [5, 5.41) is 34.2. The molecule has 3 aromatic rings. The maximum atomic E-state index is 9.49. The molecule has 0 unspecified atom stereocenters. The molecule has 3 rings (SSSR count). The van der Waals surface area contributed by atoms with Crippen LogP contribution in [0.1, 0.15) is 173 Å². The summed E-state index contributed by atoms with van der Waals surface area (Å²) in [6.45, 7) is 21.7. The summed E-state index contributed by atoms with van der Waals surface area (Å²) in [6.07, 6.45) is 39.4. The second kappa shape index (κ2) is 51.1. The number of carboxylic acid groups (broad SMARTS) is 2. The number of hydrogen-bond donors (Lipinski definition) is 2. The lowest BCUT2D eigenvalue weighted by Crippen LogP contribution is -2.40. The number of carboxylic acids is 2. The molecule has 0 amide bonds. The van der Waals surface area contributed by atoms with E-state index in [4.69, 9.17) is 10.2 Å². The van der Waals surface area contributed by atoms with Gasteiger partial charge in [-0.05, 0) is 79.5 Å². The topological polar surface area (TPSA) is 121 Å². The smallest absolute Gasteiger partial charge is 0.0972 e. The highest BCUT2D eigenvalue weighted by atomic mass is 16.4. The predicted octanol–water partition coefficient (Wildman–Crippen LogP) is 13.3. The molecule has 8 nitrogen and oxygen atoms in total. The van der Waals surface area contributed by atoms with Gasteiger partial charge in [0.1, 0.15) is 0 Å². The number of unbranched alkanes of at least 4 members (excludes halogenated alkanes) is 18. The lowest BCUT2D eigenvalue weighted by molar-refractivity contribution is -0.884. The molecular weight excluding hydrogens is 893 g/mol. The Balaban J connectivity index is -0.000000911. The van der Waals surface area contributed by atoms with Crippen molar-refractivity contribution in [2.75, 3.05) is 67.6 Å². The van der Waals surface area contributed by atoms with Gasteiger partial charge in [-0.2, -0.15) is 0 Å². The van der Waals surface area contributed by atoms with E-state index < -0.39 is 11.9 Å². The SMILES string of the molecule is C=C(C)C(=O)[O-].C=C(C)C(=O)[O-].C=Cc1ccccc1.CCCCCCCCCCCC[N+](C)(C)CC=Cc1ccccc1.CCCCCCCCCCCC[N+](C)(C)CC=Cc1ccccc1.OCCO. The van der Waals surface area contributed by atoms with Crippen LogP contribution in [0.25, 0.3) is 18.2 Å². The van der Waals surface area contributed by atoms with Crippen LogP contribution >= 0.6 is 0 Å². The second-order valence-electron chi connectivity index (χ2n) is 19.9. The minimum absolute atomic E-state index is 0.0648. The Hall–Kier alpha value is -4.86. The Bertz CT molecular complexity index is 1640. The third kappa shape index (κ3) is 54.5. The zero-order valence-corrected chi connectivity index (χ0v) is 47.0. The van der Waals surface area contributed by atoms with Crippen LogP contribution in [-0.2, 0) is 9.59 Å². The first-order valence-electron chi connectivity index (χ1n) is 27.1. The van der Waals surface area contributed by atoms with Crippen LogP contribution in [-0.4, -0.2) is 98.7 Å². The van der Waals surface area contributed by atoms with Crippen molar-refractivity contribution in [1.82, 2.24) is 0 Å². The van der Waals surface area contributed by atoms with Crippen LogP contribution in [0.3, 0.4) is 0 Å². The largest absolute Gasteiger partial charge is 0.545 e. The second-order valence-corrected chi connectivity index (χ2v) is 19.9. The van der Waals surface area contributed by atoms with E-state index in [0.717, 1.165) is 22.1 Å². The molecule has 0 atom stereocenters.